The van der Waals surface area contributed by atoms with E-state index in [1.165, 1.54) is 0 Å². The number of hydrogen-bond acceptors (Lipinski definition) is 3. The largest absolute Gasteiger partial charge is 0.435 e. The Morgan fingerprint density at radius 3 is 3.11 bits per heavy atom. The van der Waals surface area contributed by atoms with E-state index in [4.69, 9.17) is 5.53 Å². The van der Waals surface area contributed by atoms with Gasteiger partial charge in [-0.1, -0.05) is 11.7 Å². The Kier molecular flexibility index (Phi) is 3.90. The summed E-state index contributed by atoms with van der Waals surface area (Å²) in [6.45, 7) is 2.84. The maximum absolute atomic E-state index is 10.2. The number of azide groups is 1. The average molecular weight is 127 g/mol. The van der Waals surface area contributed by atoms with E-state index < -0.39 is 5.97 Å². The van der Waals surface area contributed by atoms with Gasteiger partial charge < -0.3 is 4.74 Å². The standard InChI is InChI=1S/C4H5N3O2/c1-2-9-4(8)3-6-7-5/h2H,1,3H2. The lowest BCUT2D eigenvalue weighted by Crippen LogP contribution is -2.01. The highest BCUT2D eigenvalue weighted by Crippen LogP contribution is 1.79. The van der Waals surface area contributed by atoms with Crippen molar-refractivity contribution in [2.75, 3.05) is 6.54 Å². The first-order valence-electron chi connectivity index (χ1n) is 2.12. The molecule has 0 fully saturated rings. The van der Waals surface area contributed by atoms with Gasteiger partial charge in [-0.15, -0.1) is 0 Å². The molecule has 0 N–H and O–H groups in total. The van der Waals surface area contributed by atoms with Crippen LogP contribution in [-0.2, 0) is 9.53 Å². The maximum Gasteiger partial charge on any atom is 0.316 e. The Labute approximate surface area is 51.6 Å². The fraction of sp³-hybridized carbons (Fsp3) is 0.250. The monoisotopic (exact) mass is 127 g/mol. The summed E-state index contributed by atoms with van der Waals surface area (Å²) in [5.41, 5.74) is 7.71. The van der Waals surface area contributed by atoms with E-state index in [1.54, 1.807) is 0 Å². The van der Waals surface area contributed by atoms with Crippen LogP contribution in [0.3, 0.4) is 0 Å². The molecule has 0 radical (unpaired) electrons. The zero-order valence-corrected chi connectivity index (χ0v) is 4.65. The van der Waals surface area contributed by atoms with Crippen molar-refractivity contribution < 1.29 is 9.53 Å². The Balaban J connectivity index is 3.50. The lowest BCUT2D eigenvalue weighted by Gasteiger charge is -1.89. The highest BCUT2D eigenvalue weighted by Gasteiger charge is 1.94. The molecule has 9 heavy (non-hydrogen) atoms. The van der Waals surface area contributed by atoms with Crippen molar-refractivity contribution in [1.82, 2.24) is 0 Å². The Morgan fingerprint density at radius 2 is 2.67 bits per heavy atom. The highest BCUT2D eigenvalue weighted by atomic mass is 16.5. The average Bonchev–Trinajstić information content (AvgIpc) is 1.85. The minimum absolute atomic E-state index is 0.289. The van der Waals surface area contributed by atoms with E-state index >= 15 is 0 Å². The Bertz CT molecular complexity index is 159. The van der Waals surface area contributed by atoms with E-state index in [-0.39, 0.29) is 6.54 Å². The Morgan fingerprint density at radius 1 is 2.00 bits per heavy atom. The topological polar surface area (TPSA) is 75.1 Å². The van der Waals surface area contributed by atoms with Gasteiger partial charge in [0.1, 0.15) is 6.54 Å². The first kappa shape index (κ1) is 7.52. The van der Waals surface area contributed by atoms with Crippen LogP contribution >= 0.6 is 0 Å². The molecule has 5 heteroatoms. The lowest BCUT2D eigenvalue weighted by molar-refractivity contribution is -0.136. The molecule has 0 aromatic heterocycles. The first-order chi connectivity index (χ1) is 4.31. The van der Waals surface area contributed by atoms with Gasteiger partial charge in [-0.2, -0.15) is 0 Å². The van der Waals surface area contributed by atoms with Crippen molar-refractivity contribution in [2.45, 2.75) is 0 Å². The smallest absolute Gasteiger partial charge is 0.316 e. The van der Waals surface area contributed by atoms with Crippen LogP contribution in [-0.4, -0.2) is 12.5 Å². The molecule has 0 aliphatic carbocycles. The van der Waals surface area contributed by atoms with Crippen LogP contribution in [0.15, 0.2) is 18.0 Å². The molecular weight excluding hydrogens is 122 g/mol. The van der Waals surface area contributed by atoms with Gasteiger partial charge in [-0.3, -0.25) is 4.79 Å². The molecule has 0 spiro atoms. The second kappa shape index (κ2) is 4.67. The molecular formula is C4H5N3O2. The number of rotatable bonds is 3. The number of nitrogens with zero attached hydrogens (tertiary/aromatic N) is 3. The van der Waals surface area contributed by atoms with Crippen LogP contribution in [0.2, 0.25) is 0 Å². The molecule has 0 saturated heterocycles. The van der Waals surface area contributed by atoms with Crippen LogP contribution in [0.5, 0.6) is 0 Å². The van der Waals surface area contributed by atoms with Crippen molar-refractivity contribution in [2.24, 2.45) is 5.11 Å². The SMILES string of the molecule is C=COC(=O)CN=[N+]=[N-]. The van der Waals surface area contributed by atoms with Crippen LogP contribution < -0.4 is 0 Å². The zero-order valence-electron chi connectivity index (χ0n) is 4.65. The van der Waals surface area contributed by atoms with Gasteiger partial charge in [0.2, 0.25) is 0 Å². The normalized spacial score (nSPS) is 7.11. The van der Waals surface area contributed by atoms with Gasteiger partial charge in [-0.25, -0.2) is 0 Å². The molecule has 48 valence electrons. The lowest BCUT2D eigenvalue weighted by atomic mass is 10.7. The van der Waals surface area contributed by atoms with E-state index in [2.05, 4.69) is 21.3 Å². The van der Waals surface area contributed by atoms with E-state index in [9.17, 15) is 4.79 Å². The van der Waals surface area contributed by atoms with Crippen LogP contribution in [0, 0.1) is 0 Å². The van der Waals surface area contributed by atoms with Crippen molar-refractivity contribution in [1.29, 1.82) is 0 Å². The molecule has 0 heterocycles. The fourth-order valence-corrected chi connectivity index (χ4v) is 0.220. The molecule has 0 bridgehead atoms. The zero-order chi connectivity index (χ0) is 7.11. The summed E-state index contributed by atoms with van der Waals surface area (Å²) in [4.78, 5) is 12.6. The third-order valence-corrected chi connectivity index (χ3v) is 0.478. The number of esters is 1. The molecule has 0 atom stereocenters. The quantitative estimate of drug-likeness (QED) is 0.186. The summed E-state index contributed by atoms with van der Waals surface area (Å²) in [6.07, 6.45) is 0.981. The second-order valence-corrected chi connectivity index (χ2v) is 1.05. The third-order valence-electron chi connectivity index (χ3n) is 0.478. The number of carbonyl (C=O) groups is 1. The van der Waals surface area contributed by atoms with E-state index in [0.717, 1.165) is 6.26 Å². The van der Waals surface area contributed by atoms with Crippen molar-refractivity contribution in [3.05, 3.63) is 23.3 Å². The highest BCUT2D eigenvalue weighted by molar-refractivity contribution is 5.72. The fourth-order valence-electron chi connectivity index (χ4n) is 0.220. The second-order valence-electron chi connectivity index (χ2n) is 1.05. The molecule has 0 unspecified atom stereocenters. The number of carbonyl (C=O) groups excluding carboxylic acids is 1. The molecule has 0 saturated carbocycles. The molecule has 0 amide bonds. The molecule has 0 aromatic carbocycles. The van der Waals surface area contributed by atoms with E-state index in [0.29, 0.717) is 0 Å². The predicted octanol–water partition coefficient (Wildman–Crippen LogP) is 0.983. The number of hydrogen-bond donors (Lipinski definition) is 0. The van der Waals surface area contributed by atoms with Crippen molar-refractivity contribution in [3.8, 4) is 0 Å². The summed E-state index contributed by atoms with van der Waals surface area (Å²) in [7, 11) is 0. The first-order valence-corrected chi connectivity index (χ1v) is 2.12. The van der Waals surface area contributed by atoms with Gasteiger partial charge in [0.15, 0.2) is 0 Å². The van der Waals surface area contributed by atoms with Gasteiger partial charge >= 0.3 is 5.97 Å². The van der Waals surface area contributed by atoms with Gasteiger partial charge in [0.05, 0.1) is 6.26 Å². The van der Waals surface area contributed by atoms with E-state index in [1.807, 2.05) is 0 Å². The van der Waals surface area contributed by atoms with Gasteiger partial charge in [0, 0.05) is 4.91 Å². The number of ether oxygens (including phenoxy) is 1. The maximum atomic E-state index is 10.2. The summed E-state index contributed by atoms with van der Waals surface area (Å²) in [6, 6.07) is 0. The van der Waals surface area contributed by atoms with Gasteiger partial charge in [0.25, 0.3) is 0 Å². The predicted molar refractivity (Wildman–Crippen MR) is 30.3 cm³/mol. The van der Waals surface area contributed by atoms with Gasteiger partial charge in [-0.05, 0) is 5.53 Å². The third kappa shape index (κ3) is 4.37. The molecule has 0 aliphatic heterocycles. The minimum atomic E-state index is -0.609. The van der Waals surface area contributed by atoms with Crippen LogP contribution in [0.4, 0.5) is 0 Å². The summed E-state index contributed by atoms with van der Waals surface area (Å²) in [5.74, 6) is -0.609. The molecule has 0 rings (SSSR count). The molecule has 0 aromatic rings. The van der Waals surface area contributed by atoms with Crippen molar-refractivity contribution >= 4 is 5.97 Å². The molecule has 5 nitrogen and oxygen atoms in total. The van der Waals surface area contributed by atoms with Crippen LogP contribution in [0.25, 0.3) is 10.4 Å². The summed E-state index contributed by atoms with van der Waals surface area (Å²) in [5, 5.41) is 2.95. The van der Waals surface area contributed by atoms with Crippen molar-refractivity contribution in [3.63, 3.8) is 0 Å². The minimum Gasteiger partial charge on any atom is -0.435 e. The Hall–Kier alpha value is -1.48. The summed E-state index contributed by atoms with van der Waals surface area (Å²) < 4.78 is 4.20. The molecule has 0 aliphatic rings. The van der Waals surface area contributed by atoms with Crippen LogP contribution in [0.1, 0.15) is 0 Å². The summed E-state index contributed by atoms with van der Waals surface area (Å²) >= 11 is 0.